The molecule has 0 bridgehead atoms. The van der Waals surface area contributed by atoms with E-state index in [0.717, 1.165) is 4.90 Å². The van der Waals surface area contributed by atoms with Gasteiger partial charge in [0.25, 0.3) is 5.91 Å². The summed E-state index contributed by atoms with van der Waals surface area (Å²) < 4.78 is 11.2. The Bertz CT molecular complexity index is 843. The summed E-state index contributed by atoms with van der Waals surface area (Å²) in [5.41, 5.74) is -0.686. The summed E-state index contributed by atoms with van der Waals surface area (Å²) in [6.45, 7) is 11.3. The van der Waals surface area contributed by atoms with E-state index >= 15 is 0 Å². The Morgan fingerprint density at radius 3 is 2.44 bits per heavy atom. The lowest BCUT2D eigenvalue weighted by atomic mass is 9.92. The van der Waals surface area contributed by atoms with Crippen molar-refractivity contribution in [2.45, 2.75) is 59.0 Å². The highest BCUT2D eigenvalue weighted by Crippen LogP contribution is 2.33. The van der Waals surface area contributed by atoms with Crippen LogP contribution in [0.4, 0.5) is 4.79 Å². The normalized spacial score (nSPS) is 21.1. The van der Waals surface area contributed by atoms with Crippen LogP contribution in [0.2, 0.25) is 0 Å². The maximum absolute atomic E-state index is 12.9. The van der Waals surface area contributed by atoms with Crippen molar-refractivity contribution in [3.63, 3.8) is 0 Å². The van der Waals surface area contributed by atoms with Crippen molar-refractivity contribution in [1.29, 1.82) is 0 Å². The molecule has 3 heterocycles. The second kappa shape index (κ2) is 5.47. The number of aryl methyl sites for hydroxylation is 2. The Labute approximate surface area is 146 Å². The monoisotopic (exact) mass is 345 g/mol. The first-order chi connectivity index (χ1) is 11.5. The number of imide groups is 1. The van der Waals surface area contributed by atoms with Crippen molar-refractivity contribution in [2.75, 3.05) is 0 Å². The van der Waals surface area contributed by atoms with Gasteiger partial charge in [-0.15, -0.1) is 0 Å². The third-order valence-electron chi connectivity index (χ3n) is 4.44. The highest BCUT2D eigenvalue weighted by Gasteiger charge is 2.50. The number of urea groups is 1. The first-order valence-corrected chi connectivity index (χ1v) is 8.19. The Kier molecular flexibility index (Phi) is 3.78. The van der Waals surface area contributed by atoms with E-state index in [9.17, 15) is 9.59 Å². The summed E-state index contributed by atoms with van der Waals surface area (Å²) in [4.78, 5) is 30.7. The number of aromatic nitrogens is 1. The van der Waals surface area contributed by atoms with E-state index in [1.165, 1.54) is 0 Å². The van der Waals surface area contributed by atoms with Gasteiger partial charge in [0.15, 0.2) is 0 Å². The third kappa shape index (κ3) is 2.83. The molecule has 2 aromatic heterocycles. The topological polar surface area (TPSA) is 88.6 Å². The van der Waals surface area contributed by atoms with Gasteiger partial charge in [0.1, 0.15) is 29.4 Å². The van der Waals surface area contributed by atoms with Gasteiger partial charge in [0, 0.05) is 11.0 Å². The molecule has 25 heavy (non-hydrogen) atoms. The highest BCUT2D eigenvalue weighted by atomic mass is 16.4. The Morgan fingerprint density at radius 1 is 1.24 bits per heavy atom. The first-order valence-electron chi connectivity index (χ1n) is 8.19. The average molecular weight is 345 g/mol. The van der Waals surface area contributed by atoms with Crippen molar-refractivity contribution in [2.24, 2.45) is 0 Å². The molecule has 1 aliphatic rings. The summed E-state index contributed by atoms with van der Waals surface area (Å²) in [6.07, 6.45) is 1.64. The van der Waals surface area contributed by atoms with E-state index in [0.29, 0.717) is 28.7 Å². The molecule has 0 unspecified atom stereocenters. The molecule has 7 nitrogen and oxygen atoms in total. The largest absolute Gasteiger partial charge is 0.466 e. The number of oxazole rings is 1. The molecule has 2 aromatic rings. The number of carbonyl (C=O) groups excluding carboxylic acids is 2. The highest BCUT2D eigenvalue weighted by molar-refractivity contribution is 6.07. The summed E-state index contributed by atoms with van der Waals surface area (Å²) >= 11 is 0. The van der Waals surface area contributed by atoms with Crippen LogP contribution < -0.4 is 5.32 Å². The van der Waals surface area contributed by atoms with Crippen molar-refractivity contribution >= 4 is 11.9 Å². The van der Waals surface area contributed by atoms with Crippen LogP contribution >= 0.6 is 0 Å². The predicted molar refractivity (Wildman–Crippen MR) is 89.8 cm³/mol. The van der Waals surface area contributed by atoms with Gasteiger partial charge in [-0.3, -0.25) is 9.69 Å². The Morgan fingerprint density at radius 2 is 1.92 bits per heavy atom. The fourth-order valence-corrected chi connectivity index (χ4v) is 3.02. The summed E-state index contributed by atoms with van der Waals surface area (Å²) in [6, 6.07) is 1.31. The number of furan rings is 1. The molecular weight excluding hydrogens is 322 g/mol. The molecule has 0 saturated carbocycles. The van der Waals surface area contributed by atoms with Crippen LogP contribution in [0.25, 0.3) is 0 Å². The third-order valence-corrected chi connectivity index (χ3v) is 4.44. The molecule has 3 rings (SSSR count). The molecule has 134 valence electrons. The fraction of sp³-hybridized carbons (Fsp3) is 0.500. The van der Waals surface area contributed by atoms with Crippen LogP contribution in [-0.4, -0.2) is 21.8 Å². The first kappa shape index (κ1) is 17.3. The van der Waals surface area contributed by atoms with Crippen LogP contribution in [0.3, 0.4) is 0 Å². The van der Waals surface area contributed by atoms with Gasteiger partial charge in [-0.05, 0) is 26.8 Å². The number of nitrogens with one attached hydrogen (secondary N) is 1. The predicted octanol–water partition coefficient (Wildman–Crippen LogP) is 3.15. The summed E-state index contributed by atoms with van der Waals surface area (Å²) in [5, 5.41) is 2.77. The van der Waals surface area contributed by atoms with Gasteiger partial charge in [0.2, 0.25) is 5.89 Å². The maximum Gasteiger partial charge on any atom is 0.325 e. The molecule has 0 aliphatic carbocycles. The minimum absolute atomic E-state index is 0.00772. The molecular formula is C18H23N3O4. The van der Waals surface area contributed by atoms with Crippen molar-refractivity contribution < 1.29 is 18.4 Å². The zero-order valence-electron chi connectivity index (χ0n) is 15.4. The number of hydrogen-bond donors (Lipinski definition) is 1. The lowest BCUT2D eigenvalue weighted by Crippen LogP contribution is -2.41. The smallest absolute Gasteiger partial charge is 0.325 e. The zero-order valence-corrected chi connectivity index (χ0v) is 15.4. The molecule has 7 heteroatoms. The van der Waals surface area contributed by atoms with E-state index in [1.54, 1.807) is 33.0 Å². The van der Waals surface area contributed by atoms with E-state index in [1.807, 2.05) is 20.8 Å². The molecule has 3 amide bonds. The van der Waals surface area contributed by atoms with Gasteiger partial charge in [-0.25, -0.2) is 9.78 Å². The van der Waals surface area contributed by atoms with Gasteiger partial charge in [-0.1, -0.05) is 20.8 Å². The molecule has 0 radical (unpaired) electrons. The molecule has 1 saturated heterocycles. The summed E-state index contributed by atoms with van der Waals surface area (Å²) in [7, 11) is 0. The minimum Gasteiger partial charge on any atom is -0.466 e. The summed E-state index contributed by atoms with van der Waals surface area (Å²) in [5.74, 6) is 1.99. The zero-order chi connectivity index (χ0) is 18.6. The van der Waals surface area contributed by atoms with Gasteiger partial charge < -0.3 is 14.2 Å². The van der Waals surface area contributed by atoms with Crippen molar-refractivity contribution in [3.05, 3.63) is 41.0 Å². The molecule has 0 spiro atoms. The number of carbonyl (C=O) groups is 2. The van der Waals surface area contributed by atoms with Crippen molar-refractivity contribution in [1.82, 2.24) is 15.2 Å². The molecule has 0 aromatic carbocycles. The van der Waals surface area contributed by atoms with Crippen LogP contribution in [0.5, 0.6) is 0 Å². The average Bonchev–Trinajstić information content (AvgIpc) is 3.14. The van der Waals surface area contributed by atoms with E-state index in [-0.39, 0.29) is 17.9 Å². The Balaban J connectivity index is 1.87. The minimum atomic E-state index is -1.15. The lowest BCUT2D eigenvalue weighted by Gasteiger charge is -2.20. The maximum atomic E-state index is 12.9. The second-order valence-electron chi connectivity index (χ2n) is 7.64. The van der Waals surface area contributed by atoms with Crippen LogP contribution in [-0.2, 0) is 22.3 Å². The fourth-order valence-electron chi connectivity index (χ4n) is 3.02. The number of rotatable bonds is 3. The van der Waals surface area contributed by atoms with Crippen LogP contribution in [0.15, 0.2) is 21.1 Å². The number of amides is 3. The second-order valence-corrected chi connectivity index (χ2v) is 7.64. The van der Waals surface area contributed by atoms with E-state index in [2.05, 4.69) is 10.3 Å². The van der Waals surface area contributed by atoms with E-state index in [4.69, 9.17) is 8.83 Å². The SMILES string of the molecule is Cc1cc([C@]2(C)NC(=O)N(Cc3ncc(C(C)(C)C)o3)C2=O)c(C)o1. The van der Waals surface area contributed by atoms with Crippen molar-refractivity contribution in [3.8, 4) is 0 Å². The molecule has 1 fully saturated rings. The van der Waals surface area contributed by atoms with Gasteiger partial charge in [0.05, 0.1) is 6.20 Å². The number of nitrogens with zero attached hydrogens (tertiary/aromatic N) is 2. The lowest BCUT2D eigenvalue weighted by molar-refractivity contribution is -0.131. The van der Waals surface area contributed by atoms with Crippen LogP contribution in [0, 0.1) is 13.8 Å². The van der Waals surface area contributed by atoms with Crippen LogP contribution in [0.1, 0.15) is 56.4 Å². The van der Waals surface area contributed by atoms with Gasteiger partial charge in [-0.2, -0.15) is 0 Å². The molecule has 1 N–H and O–H groups in total. The molecule has 1 atom stereocenters. The molecule has 1 aliphatic heterocycles. The number of hydrogen-bond acceptors (Lipinski definition) is 5. The Hall–Kier alpha value is -2.57. The quantitative estimate of drug-likeness (QED) is 0.863. The van der Waals surface area contributed by atoms with Gasteiger partial charge >= 0.3 is 6.03 Å². The van der Waals surface area contributed by atoms with E-state index < -0.39 is 11.6 Å². The standard InChI is InChI=1S/C18H23N3O4/c1-10-7-12(11(2)24-10)18(6)15(22)21(16(23)20-18)9-14-19-8-13(25-14)17(3,4)5/h7-8H,9H2,1-6H3,(H,20,23)/t18-/m0/s1.